The quantitative estimate of drug-likeness (QED) is 0.276. The number of hydrogen-bond donors (Lipinski definition) is 0. The van der Waals surface area contributed by atoms with Crippen molar-refractivity contribution >= 4 is 16.2 Å². The molecule has 0 radical (unpaired) electrons. The van der Waals surface area contributed by atoms with Crippen molar-refractivity contribution in [2.75, 3.05) is 0 Å². The minimum absolute atomic E-state index is 0.228. The molecule has 0 N–H and O–H groups in total. The van der Waals surface area contributed by atoms with Crippen LogP contribution in [-0.2, 0) is 16.2 Å². The summed E-state index contributed by atoms with van der Waals surface area (Å²) in [6, 6.07) is 33.5. The predicted molar refractivity (Wildman–Crippen MR) is 139 cm³/mol. The molecule has 3 rings (SSSR count). The molecule has 0 fully saturated rings. The van der Waals surface area contributed by atoms with Gasteiger partial charge in [0.05, 0.1) is 0 Å². The van der Waals surface area contributed by atoms with Gasteiger partial charge in [-0.2, -0.15) is 0 Å². The first-order valence-electron chi connectivity index (χ1n) is 11.8. The van der Waals surface area contributed by atoms with Crippen LogP contribution in [0, 0.1) is 0 Å². The van der Waals surface area contributed by atoms with Crippen molar-refractivity contribution in [2.45, 2.75) is 72.7 Å². The van der Waals surface area contributed by atoms with Crippen LogP contribution in [0.25, 0.3) is 0 Å². The zero-order chi connectivity index (χ0) is 22.5. The normalized spacial score (nSPS) is 12.6. The van der Waals surface area contributed by atoms with Crippen molar-refractivity contribution in [1.82, 2.24) is 0 Å². The second kappa shape index (κ2) is 9.84. The molecule has 31 heavy (non-hydrogen) atoms. The van der Waals surface area contributed by atoms with Crippen molar-refractivity contribution in [3.8, 4) is 0 Å². The molecule has 0 heterocycles. The Kier molecular flexibility index (Phi) is 7.60. The van der Waals surface area contributed by atoms with E-state index in [0.29, 0.717) is 0 Å². The summed E-state index contributed by atoms with van der Waals surface area (Å²) in [6.07, 6.45) is 0. The Morgan fingerprint density at radius 2 is 0.645 bits per heavy atom. The number of benzene rings is 3. The van der Waals surface area contributed by atoms with Gasteiger partial charge in [-0.15, -0.1) is 0 Å². The van der Waals surface area contributed by atoms with Gasteiger partial charge in [-0.1, -0.05) is 0 Å². The van der Waals surface area contributed by atoms with Gasteiger partial charge in [0.1, 0.15) is 0 Å². The minimum atomic E-state index is -1.72. The van der Waals surface area contributed by atoms with E-state index in [9.17, 15) is 0 Å². The van der Waals surface area contributed by atoms with E-state index in [-0.39, 0.29) is 16.2 Å². The van der Waals surface area contributed by atoms with E-state index in [1.807, 2.05) is 0 Å². The summed E-state index contributed by atoms with van der Waals surface area (Å²) < 4.78 is 0. The van der Waals surface area contributed by atoms with Crippen molar-refractivity contribution < 1.29 is 0 Å². The van der Waals surface area contributed by atoms with Crippen LogP contribution in [0.5, 0.6) is 0 Å². The maximum absolute atomic E-state index is 2.46. The van der Waals surface area contributed by atoms with Crippen molar-refractivity contribution in [1.29, 1.82) is 0 Å². The van der Waals surface area contributed by atoms with E-state index < -0.39 is 16.2 Å². The van der Waals surface area contributed by atoms with Gasteiger partial charge in [0, 0.05) is 0 Å². The predicted octanol–water partition coefficient (Wildman–Crippen LogP) is 8.41. The monoisotopic (exact) mass is 468 g/mol. The molecule has 0 bridgehead atoms. The zero-order valence-electron chi connectivity index (χ0n) is 20.4. The van der Waals surface area contributed by atoms with Crippen LogP contribution in [-0.4, -0.2) is 16.2 Å². The van der Waals surface area contributed by atoms with E-state index in [0.717, 1.165) is 0 Å². The van der Waals surface area contributed by atoms with Crippen molar-refractivity contribution in [2.24, 2.45) is 0 Å². The van der Waals surface area contributed by atoms with Gasteiger partial charge in [0.25, 0.3) is 0 Å². The molecule has 162 valence electrons. The van der Waals surface area contributed by atoms with E-state index >= 15 is 0 Å². The van der Waals surface area contributed by atoms with Gasteiger partial charge < -0.3 is 0 Å². The van der Waals surface area contributed by atoms with Crippen LogP contribution in [0.1, 0.15) is 58.2 Å². The molecule has 1 heteroatoms. The molecule has 0 saturated carbocycles. The van der Waals surface area contributed by atoms with Crippen molar-refractivity contribution in [3.63, 3.8) is 0 Å². The second-order valence-electron chi connectivity index (χ2n) is 11.2. The Morgan fingerprint density at radius 3 is 0.871 bits per heavy atom. The van der Waals surface area contributed by atoms with Gasteiger partial charge in [0.15, 0.2) is 0 Å². The molecule has 0 nitrogen and oxygen atoms in total. The van der Waals surface area contributed by atoms with Gasteiger partial charge >= 0.3 is 197 Å². The van der Waals surface area contributed by atoms with E-state index in [1.54, 1.807) is 0 Å². The molecule has 0 unspecified atom stereocenters. The molecule has 0 amide bonds. The first-order valence-corrected chi connectivity index (χ1v) is 16.9. The topological polar surface area (TPSA) is 0 Å². The Balaban J connectivity index is 1.90. The van der Waals surface area contributed by atoms with Crippen LogP contribution in [0.15, 0.2) is 91.0 Å². The van der Waals surface area contributed by atoms with Crippen LogP contribution >= 0.6 is 0 Å². The van der Waals surface area contributed by atoms with Crippen LogP contribution < -0.4 is 0 Å². The van der Waals surface area contributed by atoms with Gasteiger partial charge in [-0.3, -0.25) is 0 Å². The third-order valence-corrected chi connectivity index (χ3v) is 17.1. The molecular weight excluding hydrogens is 430 g/mol. The zero-order valence-corrected chi connectivity index (χ0v) is 22.8. The fraction of sp³-hybridized carbons (Fsp3) is 0.400. The Morgan fingerprint density at radius 1 is 0.419 bits per heavy atom. The summed E-state index contributed by atoms with van der Waals surface area (Å²) in [4.78, 5) is 4.11. The maximum atomic E-state index is 2.46. The Labute approximate surface area is 196 Å². The summed E-state index contributed by atoms with van der Waals surface area (Å²) in [5, 5.41) is 0. The average Bonchev–Trinajstić information content (AvgIpc) is 2.75. The number of rotatable bonds is 9. The van der Waals surface area contributed by atoms with Crippen molar-refractivity contribution in [3.05, 3.63) is 108 Å². The SMILES string of the molecule is CC(C)([CH2][Ga]([CH2]C(C)(C)c1ccccc1)[CH2]C(C)(C)c1ccccc1)c1ccccc1. The van der Waals surface area contributed by atoms with E-state index in [1.165, 1.54) is 31.6 Å². The molecule has 0 spiro atoms. The van der Waals surface area contributed by atoms with E-state index in [2.05, 4.69) is 133 Å². The molecule has 0 aromatic heterocycles. The van der Waals surface area contributed by atoms with Gasteiger partial charge in [-0.25, -0.2) is 0 Å². The molecule has 0 saturated heterocycles. The summed E-state index contributed by atoms with van der Waals surface area (Å²) in [7, 11) is 0. The fourth-order valence-corrected chi connectivity index (χ4v) is 16.9. The first-order chi connectivity index (χ1) is 14.6. The van der Waals surface area contributed by atoms with Crippen LogP contribution in [0.2, 0.25) is 14.9 Å². The van der Waals surface area contributed by atoms with Crippen LogP contribution in [0.3, 0.4) is 0 Å². The molecule has 3 aromatic rings. The van der Waals surface area contributed by atoms with Crippen LogP contribution in [0.4, 0.5) is 0 Å². The average molecular weight is 469 g/mol. The standard InChI is InChI=1S/3C10H13.Ga/c3*1-10(2,3)9-7-5-4-6-8-9;/h3*4-8H,1H2,2-3H3;. The summed E-state index contributed by atoms with van der Waals surface area (Å²) in [5.74, 6) is 0. The Bertz CT molecular complexity index is 797. The third-order valence-electron chi connectivity index (χ3n) is 7.06. The molecule has 0 aliphatic carbocycles. The Hall–Kier alpha value is -1.70. The van der Waals surface area contributed by atoms with Gasteiger partial charge in [0.2, 0.25) is 0 Å². The molecule has 0 atom stereocenters. The fourth-order valence-electron chi connectivity index (χ4n) is 5.40. The summed E-state index contributed by atoms with van der Waals surface area (Å²) in [6.45, 7) is 14.8. The molecular formula is C30H39Ga. The van der Waals surface area contributed by atoms with E-state index in [4.69, 9.17) is 0 Å². The third kappa shape index (κ3) is 6.40. The second-order valence-corrected chi connectivity index (χ2v) is 17.4. The first kappa shape index (κ1) is 23.9. The molecule has 0 aliphatic heterocycles. The molecule has 0 aliphatic rings. The summed E-state index contributed by atoms with van der Waals surface area (Å²) in [5.41, 5.74) is 5.14. The number of hydrogen-bond acceptors (Lipinski definition) is 0. The van der Waals surface area contributed by atoms with Gasteiger partial charge in [-0.05, 0) is 0 Å². The summed E-state index contributed by atoms with van der Waals surface area (Å²) >= 11 is -1.72. The molecule has 3 aromatic carbocycles.